The molecular formula is C11H12BrNO4S. The van der Waals surface area contributed by atoms with Crippen LogP contribution in [0.25, 0.3) is 0 Å². The molecule has 1 aliphatic heterocycles. The normalized spacial score (nSPS) is 13.8. The molecule has 0 saturated heterocycles. The highest BCUT2D eigenvalue weighted by molar-refractivity contribution is 9.10. The number of methoxy groups -OCH3 is 1. The van der Waals surface area contributed by atoms with Gasteiger partial charge in [0.2, 0.25) is 5.91 Å². The Morgan fingerprint density at radius 1 is 1.50 bits per heavy atom. The molecule has 0 bridgehead atoms. The highest BCUT2D eigenvalue weighted by Crippen LogP contribution is 2.39. The highest BCUT2D eigenvalue weighted by atomic mass is 79.9. The van der Waals surface area contributed by atoms with Gasteiger partial charge in [-0.3, -0.25) is 4.79 Å². The van der Waals surface area contributed by atoms with Crippen LogP contribution in [0.15, 0.2) is 4.47 Å². The number of carboxylic acids is 1. The molecular weight excluding hydrogens is 322 g/mol. The van der Waals surface area contributed by atoms with E-state index in [9.17, 15) is 9.59 Å². The van der Waals surface area contributed by atoms with Gasteiger partial charge in [-0.2, -0.15) is 0 Å². The van der Waals surface area contributed by atoms with Crippen LogP contribution in [0.2, 0.25) is 0 Å². The first kappa shape index (κ1) is 13.5. The zero-order chi connectivity index (χ0) is 13.3. The van der Waals surface area contributed by atoms with Crippen molar-refractivity contribution in [2.24, 2.45) is 0 Å². The van der Waals surface area contributed by atoms with Crippen molar-refractivity contribution in [3.05, 3.63) is 19.8 Å². The summed E-state index contributed by atoms with van der Waals surface area (Å²) in [5, 5.41) is 9.00. The van der Waals surface area contributed by atoms with E-state index in [1.807, 2.05) is 0 Å². The molecule has 2 heterocycles. The summed E-state index contributed by atoms with van der Waals surface area (Å²) in [5.74, 6) is -0.900. The van der Waals surface area contributed by atoms with Crippen molar-refractivity contribution in [3.8, 4) is 0 Å². The van der Waals surface area contributed by atoms with Crippen molar-refractivity contribution in [1.29, 1.82) is 0 Å². The summed E-state index contributed by atoms with van der Waals surface area (Å²) in [6, 6.07) is 0. The second-order valence-corrected chi connectivity index (χ2v) is 5.84. The van der Waals surface area contributed by atoms with Crippen molar-refractivity contribution in [2.75, 3.05) is 13.7 Å². The van der Waals surface area contributed by atoms with Crippen molar-refractivity contribution in [3.63, 3.8) is 0 Å². The summed E-state index contributed by atoms with van der Waals surface area (Å²) in [7, 11) is 1.56. The lowest BCUT2D eigenvalue weighted by Gasteiger charge is -2.15. The minimum Gasteiger partial charge on any atom is -0.477 e. The Kier molecular flexibility index (Phi) is 4.04. The lowest BCUT2D eigenvalue weighted by molar-refractivity contribution is -0.132. The van der Waals surface area contributed by atoms with E-state index in [0.717, 1.165) is 10.4 Å². The van der Waals surface area contributed by atoms with Gasteiger partial charge < -0.3 is 14.7 Å². The van der Waals surface area contributed by atoms with Crippen LogP contribution >= 0.6 is 27.3 Å². The number of fused-ring (bicyclic) bond motifs is 1. The SMILES string of the molecule is COCCC(=O)N1Cc2sc(C(=O)O)c(Br)c2C1. The topological polar surface area (TPSA) is 66.8 Å². The summed E-state index contributed by atoms with van der Waals surface area (Å²) in [6.07, 6.45) is 0.356. The van der Waals surface area contributed by atoms with Gasteiger partial charge in [0.05, 0.1) is 19.6 Å². The Morgan fingerprint density at radius 3 is 2.78 bits per heavy atom. The van der Waals surface area contributed by atoms with Crippen LogP contribution in [-0.4, -0.2) is 35.6 Å². The Hall–Kier alpha value is -0.920. The Morgan fingerprint density at radius 2 is 2.22 bits per heavy atom. The summed E-state index contributed by atoms with van der Waals surface area (Å²) >= 11 is 4.53. The maximum Gasteiger partial charge on any atom is 0.347 e. The minimum absolute atomic E-state index is 0.0315. The van der Waals surface area contributed by atoms with Crippen LogP contribution in [0.3, 0.4) is 0 Å². The first-order chi connectivity index (χ1) is 8.54. The standard InChI is InChI=1S/C11H12BrNO4S/c1-17-3-2-8(14)13-4-6-7(5-13)18-10(9(6)12)11(15)16/h2-5H2,1H3,(H,15,16). The number of carbonyl (C=O) groups excluding carboxylic acids is 1. The third-order valence-electron chi connectivity index (χ3n) is 2.78. The molecule has 1 aromatic heterocycles. The number of carboxylic acid groups (broad SMARTS) is 1. The van der Waals surface area contributed by atoms with E-state index >= 15 is 0 Å². The van der Waals surface area contributed by atoms with Crippen molar-refractivity contribution >= 4 is 39.1 Å². The Bertz CT molecular complexity index is 499. The molecule has 1 N–H and O–H groups in total. The lowest BCUT2D eigenvalue weighted by Crippen LogP contribution is -2.26. The predicted molar refractivity (Wildman–Crippen MR) is 69.7 cm³/mol. The second kappa shape index (κ2) is 5.38. The van der Waals surface area contributed by atoms with E-state index in [0.29, 0.717) is 35.5 Å². The van der Waals surface area contributed by atoms with Gasteiger partial charge in [-0.1, -0.05) is 0 Å². The molecule has 0 saturated carbocycles. The van der Waals surface area contributed by atoms with E-state index in [1.165, 1.54) is 11.3 Å². The third kappa shape index (κ3) is 2.43. The number of carbonyl (C=O) groups is 2. The first-order valence-corrected chi connectivity index (χ1v) is 6.95. The van der Waals surface area contributed by atoms with Gasteiger partial charge in [0.15, 0.2) is 0 Å². The van der Waals surface area contributed by atoms with E-state index in [2.05, 4.69) is 15.9 Å². The Balaban J connectivity index is 2.10. The van der Waals surface area contributed by atoms with E-state index in [4.69, 9.17) is 9.84 Å². The molecule has 0 radical (unpaired) electrons. The van der Waals surface area contributed by atoms with Gasteiger partial charge in [0, 0.05) is 28.6 Å². The number of thiophene rings is 1. The molecule has 2 rings (SSSR count). The fraction of sp³-hybridized carbons (Fsp3) is 0.455. The quantitative estimate of drug-likeness (QED) is 0.916. The lowest BCUT2D eigenvalue weighted by atomic mass is 10.3. The minimum atomic E-state index is -0.932. The van der Waals surface area contributed by atoms with Crippen LogP contribution in [0, 0.1) is 0 Å². The zero-order valence-electron chi connectivity index (χ0n) is 9.73. The number of ether oxygens (including phenoxy) is 1. The number of aromatic carboxylic acids is 1. The maximum absolute atomic E-state index is 11.8. The zero-order valence-corrected chi connectivity index (χ0v) is 12.1. The molecule has 0 unspecified atom stereocenters. The van der Waals surface area contributed by atoms with E-state index in [1.54, 1.807) is 12.0 Å². The van der Waals surface area contributed by atoms with Gasteiger partial charge in [-0.15, -0.1) is 11.3 Å². The molecule has 18 heavy (non-hydrogen) atoms. The average Bonchev–Trinajstić information content (AvgIpc) is 2.86. The van der Waals surface area contributed by atoms with Gasteiger partial charge in [-0.05, 0) is 15.9 Å². The molecule has 1 aromatic rings. The molecule has 0 aromatic carbocycles. The van der Waals surface area contributed by atoms with Crippen molar-refractivity contribution < 1.29 is 19.4 Å². The smallest absolute Gasteiger partial charge is 0.347 e. The summed E-state index contributed by atoms with van der Waals surface area (Å²) < 4.78 is 5.48. The largest absolute Gasteiger partial charge is 0.477 e. The molecule has 98 valence electrons. The van der Waals surface area contributed by atoms with E-state index in [-0.39, 0.29) is 5.91 Å². The number of halogens is 1. The molecule has 1 amide bonds. The number of amides is 1. The van der Waals surface area contributed by atoms with Crippen LogP contribution < -0.4 is 0 Å². The van der Waals surface area contributed by atoms with E-state index < -0.39 is 5.97 Å². The van der Waals surface area contributed by atoms with Crippen LogP contribution in [0.5, 0.6) is 0 Å². The fourth-order valence-corrected chi connectivity index (χ4v) is 3.82. The molecule has 0 spiro atoms. The molecule has 7 heteroatoms. The number of nitrogens with zero attached hydrogens (tertiary/aromatic N) is 1. The van der Waals surface area contributed by atoms with Gasteiger partial charge in [0.25, 0.3) is 0 Å². The average molecular weight is 334 g/mol. The van der Waals surface area contributed by atoms with Crippen LogP contribution in [-0.2, 0) is 22.6 Å². The summed E-state index contributed by atoms with van der Waals surface area (Å²) in [6.45, 7) is 1.38. The number of hydrogen-bond donors (Lipinski definition) is 1. The third-order valence-corrected chi connectivity index (χ3v) is 5.12. The predicted octanol–water partition coefficient (Wildman–Crippen LogP) is 2.09. The molecule has 1 aliphatic rings. The fourth-order valence-electron chi connectivity index (χ4n) is 1.86. The van der Waals surface area contributed by atoms with Crippen LogP contribution in [0.4, 0.5) is 0 Å². The number of rotatable bonds is 4. The maximum atomic E-state index is 11.8. The monoisotopic (exact) mass is 333 g/mol. The van der Waals surface area contributed by atoms with Gasteiger partial charge in [-0.25, -0.2) is 4.79 Å². The molecule has 0 fully saturated rings. The molecule has 0 aliphatic carbocycles. The van der Waals surface area contributed by atoms with Crippen LogP contribution in [0.1, 0.15) is 26.5 Å². The van der Waals surface area contributed by atoms with Gasteiger partial charge >= 0.3 is 5.97 Å². The number of hydrogen-bond acceptors (Lipinski definition) is 4. The molecule has 5 nitrogen and oxygen atoms in total. The van der Waals surface area contributed by atoms with Crippen molar-refractivity contribution in [2.45, 2.75) is 19.5 Å². The van der Waals surface area contributed by atoms with Crippen molar-refractivity contribution in [1.82, 2.24) is 4.90 Å². The Labute approximate surface area is 116 Å². The highest BCUT2D eigenvalue weighted by Gasteiger charge is 2.30. The summed E-state index contributed by atoms with van der Waals surface area (Å²) in [5.41, 5.74) is 0.920. The molecule has 0 atom stereocenters. The first-order valence-electron chi connectivity index (χ1n) is 5.34. The summed E-state index contributed by atoms with van der Waals surface area (Å²) in [4.78, 5) is 25.8. The second-order valence-electron chi connectivity index (χ2n) is 3.94. The van der Waals surface area contributed by atoms with Gasteiger partial charge in [0.1, 0.15) is 4.88 Å².